The maximum Gasteiger partial charge on any atom is 0.255 e. The fraction of sp³-hybridized carbons (Fsp3) is 0.533. The lowest BCUT2D eigenvalue weighted by molar-refractivity contribution is 0.0911. The third-order valence-electron chi connectivity index (χ3n) is 3.58. The fourth-order valence-corrected chi connectivity index (χ4v) is 2.36. The van der Waals surface area contributed by atoms with E-state index in [0.717, 1.165) is 19.5 Å². The number of amides is 1. The second-order valence-electron chi connectivity index (χ2n) is 4.98. The minimum absolute atomic E-state index is 0.0513. The molecule has 1 aromatic rings. The first-order valence-corrected chi connectivity index (χ1v) is 6.95. The van der Waals surface area contributed by atoms with Gasteiger partial charge in [0.25, 0.3) is 5.91 Å². The molecule has 2 rings (SSSR count). The highest BCUT2D eigenvalue weighted by Crippen LogP contribution is 2.19. The van der Waals surface area contributed by atoms with Crippen molar-refractivity contribution in [2.75, 3.05) is 19.7 Å². The summed E-state index contributed by atoms with van der Waals surface area (Å²) >= 11 is 0. The highest BCUT2D eigenvalue weighted by Gasteiger charge is 2.24. The molecule has 0 spiro atoms. The lowest BCUT2D eigenvalue weighted by atomic mass is 9.94. The van der Waals surface area contributed by atoms with E-state index >= 15 is 0 Å². The number of hydrogen-bond donors (Lipinski definition) is 2. The van der Waals surface area contributed by atoms with Gasteiger partial charge in [0.1, 0.15) is 5.75 Å². The lowest BCUT2D eigenvalue weighted by Gasteiger charge is -2.30. The molecule has 0 unspecified atom stereocenters. The van der Waals surface area contributed by atoms with Crippen molar-refractivity contribution < 1.29 is 9.53 Å². The van der Waals surface area contributed by atoms with Crippen molar-refractivity contribution in [3.05, 3.63) is 29.8 Å². The average Bonchev–Trinajstić information content (AvgIpc) is 2.42. The lowest BCUT2D eigenvalue weighted by Crippen LogP contribution is -2.50. The Hall–Kier alpha value is -1.55. The van der Waals surface area contributed by atoms with Crippen LogP contribution >= 0.6 is 0 Å². The zero-order valence-electron chi connectivity index (χ0n) is 11.6. The third kappa shape index (κ3) is 3.47. The minimum Gasteiger partial charge on any atom is -0.493 e. The molecule has 1 saturated heterocycles. The molecule has 1 heterocycles. The van der Waals surface area contributed by atoms with E-state index in [0.29, 0.717) is 23.8 Å². The van der Waals surface area contributed by atoms with Gasteiger partial charge in [0.05, 0.1) is 12.2 Å². The van der Waals surface area contributed by atoms with Crippen LogP contribution in [0.1, 0.15) is 30.6 Å². The largest absolute Gasteiger partial charge is 0.493 e. The van der Waals surface area contributed by atoms with Crippen LogP contribution in [-0.2, 0) is 0 Å². The standard InChI is InChI=1S/C15H22N2O2/c1-3-19-14-7-5-4-6-12(14)15(18)17-13-10-16-9-8-11(13)2/h4-7,11,13,16H,3,8-10H2,1-2H3,(H,17,18)/t11-,13+/m0/s1. The maximum atomic E-state index is 12.3. The van der Waals surface area contributed by atoms with Gasteiger partial charge in [0.15, 0.2) is 0 Å². The average molecular weight is 262 g/mol. The molecule has 0 aromatic heterocycles. The molecular formula is C15H22N2O2. The molecule has 104 valence electrons. The number of nitrogens with one attached hydrogen (secondary N) is 2. The summed E-state index contributed by atoms with van der Waals surface area (Å²) < 4.78 is 5.50. The van der Waals surface area contributed by atoms with Gasteiger partial charge in [0, 0.05) is 12.6 Å². The summed E-state index contributed by atoms with van der Waals surface area (Å²) in [5.74, 6) is 1.10. The van der Waals surface area contributed by atoms with E-state index in [1.54, 1.807) is 6.07 Å². The van der Waals surface area contributed by atoms with Crippen molar-refractivity contribution in [2.24, 2.45) is 5.92 Å². The Morgan fingerprint density at radius 1 is 1.47 bits per heavy atom. The molecule has 0 saturated carbocycles. The van der Waals surface area contributed by atoms with Gasteiger partial charge in [-0.15, -0.1) is 0 Å². The van der Waals surface area contributed by atoms with E-state index in [1.807, 2.05) is 25.1 Å². The maximum absolute atomic E-state index is 12.3. The molecule has 0 bridgehead atoms. The molecule has 0 aliphatic carbocycles. The topological polar surface area (TPSA) is 50.4 Å². The zero-order valence-corrected chi connectivity index (χ0v) is 11.6. The number of ether oxygens (including phenoxy) is 1. The molecule has 19 heavy (non-hydrogen) atoms. The first-order valence-electron chi connectivity index (χ1n) is 6.95. The summed E-state index contributed by atoms with van der Waals surface area (Å²) in [6.07, 6.45) is 1.10. The van der Waals surface area contributed by atoms with Crippen LogP contribution in [0.3, 0.4) is 0 Å². The van der Waals surface area contributed by atoms with Gasteiger partial charge < -0.3 is 15.4 Å². The summed E-state index contributed by atoms with van der Waals surface area (Å²) in [5.41, 5.74) is 0.613. The van der Waals surface area contributed by atoms with E-state index in [-0.39, 0.29) is 11.9 Å². The van der Waals surface area contributed by atoms with Crippen molar-refractivity contribution in [3.63, 3.8) is 0 Å². The van der Waals surface area contributed by atoms with E-state index in [2.05, 4.69) is 17.6 Å². The molecule has 1 fully saturated rings. The normalized spacial score (nSPS) is 22.8. The Morgan fingerprint density at radius 2 is 2.26 bits per heavy atom. The van der Waals surface area contributed by atoms with Crippen molar-refractivity contribution in [1.82, 2.24) is 10.6 Å². The minimum atomic E-state index is -0.0513. The van der Waals surface area contributed by atoms with Gasteiger partial charge in [0.2, 0.25) is 0 Å². The Bertz CT molecular complexity index is 434. The van der Waals surface area contributed by atoms with Crippen LogP contribution in [0.4, 0.5) is 0 Å². The predicted octanol–water partition coefficient (Wildman–Crippen LogP) is 1.81. The number of piperidine rings is 1. The number of carbonyl (C=O) groups is 1. The second kappa shape index (κ2) is 6.57. The molecule has 1 aliphatic heterocycles. The van der Waals surface area contributed by atoms with Crippen LogP contribution in [0.2, 0.25) is 0 Å². The van der Waals surface area contributed by atoms with Gasteiger partial charge in [-0.1, -0.05) is 19.1 Å². The molecule has 1 amide bonds. The molecule has 4 heteroatoms. The summed E-state index contributed by atoms with van der Waals surface area (Å²) in [5, 5.41) is 6.42. The van der Waals surface area contributed by atoms with E-state index in [4.69, 9.17) is 4.74 Å². The van der Waals surface area contributed by atoms with Crippen molar-refractivity contribution >= 4 is 5.91 Å². The fourth-order valence-electron chi connectivity index (χ4n) is 2.36. The summed E-state index contributed by atoms with van der Waals surface area (Å²) in [6.45, 7) is 6.53. The Balaban J connectivity index is 2.06. The molecular weight excluding hydrogens is 240 g/mol. The van der Waals surface area contributed by atoms with Crippen molar-refractivity contribution in [1.29, 1.82) is 0 Å². The first-order chi connectivity index (χ1) is 9.22. The van der Waals surface area contributed by atoms with Crippen molar-refractivity contribution in [2.45, 2.75) is 26.3 Å². The number of carbonyl (C=O) groups excluding carboxylic acids is 1. The van der Waals surface area contributed by atoms with Crippen LogP contribution in [0.25, 0.3) is 0 Å². The number of benzene rings is 1. The van der Waals surface area contributed by atoms with Gasteiger partial charge in [-0.2, -0.15) is 0 Å². The van der Waals surface area contributed by atoms with Crippen LogP contribution in [-0.4, -0.2) is 31.6 Å². The monoisotopic (exact) mass is 262 g/mol. The van der Waals surface area contributed by atoms with Crippen LogP contribution < -0.4 is 15.4 Å². The highest BCUT2D eigenvalue weighted by molar-refractivity contribution is 5.97. The number of rotatable bonds is 4. The molecule has 4 nitrogen and oxygen atoms in total. The molecule has 2 N–H and O–H groups in total. The third-order valence-corrected chi connectivity index (χ3v) is 3.58. The van der Waals surface area contributed by atoms with Gasteiger partial charge >= 0.3 is 0 Å². The van der Waals surface area contributed by atoms with Gasteiger partial charge in [-0.25, -0.2) is 0 Å². The molecule has 1 aliphatic rings. The summed E-state index contributed by atoms with van der Waals surface area (Å²) in [7, 11) is 0. The smallest absolute Gasteiger partial charge is 0.255 e. The number of para-hydroxylation sites is 1. The van der Waals surface area contributed by atoms with Gasteiger partial charge in [-0.3, -0.25) is 4.79 Å². The van der Waals surface area contributed by atoms with Crippen LogP contribution in [0.15, 0.2) is 24.3 Å². The van der Waals surface area contributed by atoms with Gasteiger partial charge in [-0.05, 0) is 37.9 Å². The zero-order chi connectivity index (χ0) is 13.7. The Kier molecular flexibility index (Phi) is 4.80. The molecule has 0 radical (unpaired) electrons. The molecule has 1 aromatic carbocycles. The first kappa shape index (κ1) is 13.9. The van der Waals surface area contributed by atoms with Crippen LogP contribution in [0, 0.1) is 5.92 Å². The van der Waals surface area contributed by atoms with E-state index in [9.17, 15) is 4.79 Å². The number of hydrogen-bond acceptors (Lipinski definition) is 3. The predicted molar refractivity (Wildman–Crippen MR) is 75.5 cm³/mol. The summed E-state index contributed by atoms with van der Waals surface area (Å²) in [6, 6.07) is 7.57. The quantitative estimate of drug-likeness (QED) is 0.870. The van der Waals surface area contributed by atoms with Crippen LogP contribution in [0.5, 0.6) is 5.75 Å². The van der Waals surface area contributed by atoms with E-state index in [1.165, 1.54) is 0 Å². The second-order valence-corrected chi connectivity index (χ2v) is 4.98. The van der Waals surface area contributed by atoms with E-state index < -0.39 is 0 Å². The Labute approximate surface area is 114 Å². The Morgan fingerprint density at radius 3 is 3.00 bits per heavy atom. The van der Waals surface area contributed by atoms with Crippen molar-refractivity contribution in [3.8, 4) is 5.75 Å². The molecule has 2 atom stereocenters. The summed E-state index contributed by atoms with van der Waals surface area (Å²) in [4.78, 5) is 12.3. The SMILES string of the molecule is CCOc1ccccc1C(=O)N[C@@H]1CNCC[C@@H]1C. The highest BCUT2D eigenvalue weighted by atomic mass is 16.5.